The molecule has 9 heteroatoms. The van der Waals surface area contributed by atoms with Gasteiger partial charge in [-0.2, -0.15) is 13.2 Å². The molecular weight excluding hydrogens is 423 g/mol. The lowest BCUT2D eigenvalue weighted by atomic mass is 9.81. The van der Waals surface area contributed by atoms with Gasteiger partial charge in [0.25, 0.3) is 5.91 Å². The number of alkyl halides is 3. The van der Waals surface area contributed by atoms with E-state index >= 15 is 0 Å². The number of amides is 1. The Labute approximate surface area is 184 Å². The molecule has 0 bridgehead atoms. The predicted molar refractivity (Wildman–Crippen MR) is 112 cm³/mol. The number of ether oxygens (including phenoxy) is 1. The van der Waals surface area contributed by atoms with Crippen molar-refractivity contribution < 1.29 is 27.5 Å². The van der Waals surface area contributed by atoms with Gasteiger partial charge in [0.1, 0.15) is 5.75 Å². The number of carbonyl (C=O) groups is 2. The Bertz CT molecular complexity index is 1010. The summed E-state index contributed by atoms with van der Waals surface area (Å²) in [5.41, 5.74) is 2.03. The first-order valence-electron chi connectivity index (χ1n) is 10.6. The van der Waals surface area contributed by atoms with Crippen LogP contribution < -0.4 is 4.74 Å². The highest BCUT2D eigenvalue weighted by molar-refractivity contribution is 5.94. The molecule has 4 rings (SSSR count). The zero-order chi connectivity index (χ0) is 23.1. The van der Waals surface area contributed by atoms with E-state index in [1.165, 1.54) is 24.3 Å². The van der Waals surface area contributed by atoms with Crippen molar-refractivity contribution in [3.8, 4) is 5.75 Å². The maximum atomic E-state index is 13.0. The van der Waals surface area contributed by atoms with E-state index in [1.54, 1.807) is 11.8 Å². The third kappa shape index (κ3) is 4.13. The summed E-state index contributed by atoms with van der Waals surface area (Å²) in [6.45, 7) is 2.91. The van der Waals surface area contributed by atoms with Gasteiger partial charge in [-0.1, -0.05) is 0 Å². The molecule has 0 atom stereocenters. The van der Waals surface area contributed by atoms with Gasteiger partial charge in [-0.3, -0.25) is 14.5 Å². The van der Waals surface area contributed by atoms with Crippen LogP contribution in [0.1, 0.15) is 46.3 Å². The Morgan fingerprint density at radius 1 is 1.00 bits per heavy atom. The Hall–Kier alpha value is -2.81. The highest BCUT2D eigenvalue weighted by atomic mass is 19.4. The van der Waals surface area contributed by atoms with Crippen molar-refractivity contribution in [1.29, 1.82) is 0 Å². The normalized spacial score (nSPS) is 18.5. The molecule has 32 heavy (non-hydrogen) atoms. The smallest absolute Gasteiger partial charge is 0.422 e. The van der Waals surface area contributed by atoms with Gasteiger partial charge < -0.3 is 14.2 Å². The van der Waals surface area contributed by atoms with Crippen molar-refractivity contribution in [3.05, 3.63) is 53.3 Å². The van der Waals surface area contributed by atoms with E-state index in [4.69, 9.17) is 4.74 Å². The SMILES string of the molecule is CC(=O)c1ccc2n1CCN(C)C21CCN(C(=O)c2ccc(OCC(F)(F)F)cc2)CC1. The monoisotopic (exact) mass is 449 g/mol. The molecule has 6 nitrogen and oxygen atoms in total. The summed E-state index contributed by atoms with van der Waals surface area (Å²) < 4.78 is 43.7. The number of hydrogen-bond acceptors (Lipinski definition) is 4. The molecule has 1 fully saturated rings. The third-order valence-electron chi connectivity index (χ3n) is 6.59. The van der Waals surface area contributed by atoms with E-state index in [2.05, 4.69) is 16.5 Å². The molecule has 1 saturated heterocycles. The molecule has 1 amide bonds. The van der Waals surface area contributed by atoms with Crippen molar-refractivity contribution in [2.75, 3.05) is 33.3 Å². The molecule has 2 aliphatic rings. The highest BCUT2D eigenvalue weighted by Crippen LogP contribution is 2.41. The van der Waals surface area contributed by atoms with Gasteiger partial charge in [0.15, 0.2) is 12.4 Å². The fraction of sp³-hybridized carbons (Fsp3) is 0.478. The topological polar surface area (TPSA) is 54.8 Å². The summed E-state index contributed by atoms with van der Waals surface area (Å²) in [4.78, 5) is 29.0. The number of piperidine rings is 1. The number of hydrogen-bond donors (Lipinski definition) is 0. The number of rotatable bonds is 4. The molecule has 0 saturated carbocycles. The van der Waals surface area contributed by atoms with Crippen LogP contribution in [0.25, 0.3) is 0 Å². The molecule has 3 heterocycles. The maximum absolute atomic E-state index is 13.0. The van der Waals surface area contributed by atoms with Gasteiger partial charge in [-0.25, -0.2) is 0 Å². The van der Waals surface area contributed by atoms with Crippen LogP contribution in [0.2, 0.25) is 0 Å². The number of Topliss-reactive ketones (excluding diaryl/α,β-unsaturated/α-hetero) is 1. The molecule has 1 spiro atoms. The lowest BCUT2D eigenvalue weighted by Crippen LogP contribution is -2.56. The van der Waals surface area contributed by atoms with Gasteiger partial charge in [0.05, 0.1) is 11.2 Å². The molecule has 0 aliphatic carbocycles. The van der Waals surface area contributed by atoms with Crippen LogP contribution in [0.3, 0.4) is 0 Å². The number of fused-ring (bicyclic) bond motifs is 2. The molecule has 0 N–H and O–H groups in total. The summed E-state index contributed by atoms with van der Waals surface area (Å²) >= 11 is 0. The summed E-state index contributed by atoms with van der Waals surface area (Å²) in [7, 11) is 2.08. The van der Waals surface area contributed by atoms with E-state index < -0.39 is 12.8 Å². The minimum absolute atomic E-state index is 0.0474. The van der Waals surface area contributed by atoms with E-state index in [9.17, 15) is 22.8 Å². The Morgan fingerprint density at radius 3 is 2.25 bits per heavy atom. The molecule has 2 aliphatic heterocycles. The lowest BCUT2D eigenvalue weighted by Gasteiger charge is -2.50. The van der Waals surface area contributed by atoms with Crippen LogP contribution in [-0.2, 0) is 12.1 Å². The number of halogens is 3. The molecule has 172 valence electrons. The second kappa shape index (κ2) is 8.27. The number of carbonyl (C=O) groups excluding carboxylic acids is 2. The number of benzene rings is 1. The van der Waals surface area contributed by atoms with Crippen LogP contribution in [0.15, 0.2) is 36.4 Å². The van der Waals surface area contributed by atoms with Crippen LogP contribution >= 0.6 is 0 Å². The van der Waals surface area contributed by atoms with Crippen LogP contribution in [-0.4, -0.2) is 65.5 Å². The summed E-state index contributed by atoms with van der Waals surface area (Å²) in [5, 5.41) is 0. The van der Waals surface area contributed by atoms with Gasteiger partial charge >= 0.3 is 6.18 Å². The molecule has 0 radical (unpaired) electrons. The fourth-order valence-electron chi connectivity index (χ4n) is 4.84. The largest absolute Gasteiger partial charge is 0.484 e. The third-order valence-corrected chi connectivity index (χ3v) is 6.59. The van der Waals surface area contributed by atoms with Crippen LogP contribution in [0, 0.1) is 0 Å². The predicted octanol–water partition coefficient (Wildman–Crippen LogP) is 3.71. The van der Waals surface area contributed by atoms with Crippen molar-refractivity contribution in [2.24, 2.45) is 0 Å². The quantitative estimate of drug-likeness (QED) is 0.668. The number of ketones is 1. The van der Waals surface area contributed by atoms with Crippen molar-refractivity contribution in [2.45, 2.75) is 38.0 Å². The first kappa shape index (κ1) is 22.4. The summed E-state index contributed by atoms with van der Waals surface area (Å²) in [6, 6.07) is 9.68. The molecule has 1 aromatic heterocycles. The van der Waals surface area contributed by atoms with Crippen LogP contribution in [0.5, 0.6) is 5.75 Å². The van der Waals surface area contributed by atoms with E-state index in [1.807, 2.05) is 12.1 Å². The Balaban J connectivity index is 1.45. The first-order valence-corrected chi connectivity index (χ1v) is 10.6. The zero-order valence-corrected chi connectivity index (χ0v) is 18.1. The second-order valence-electron chi connectivity index (χ2n) is 8.49. The molecule has 1 aromatic carbocycles. The molecular formula is C23H26F3N3O3. The van der Waals surface area contributed by atoms with E-state index in [0.717, 1.165) is 37.3 Å². The van der Waals surface area contributed by atoms with Crippen LogP contribution in [0.4, 0.5) is 13.2 Å². The van der Waals surface area contributed by atoms with Gasteiger partial charge in [0.2, 0.25) is 0 Å². The molecule has 0 unspecified atom stereocenters. The average molecular weight is 449 g/mol. The number of aromatic nitrogens is 1. The average Bonchev–Trinajstić information content (AvgIpc) is 3.20. The second-order valence-corrected chi connectivity index (χ2v) is 8.49. The van der Waals surface area contributed by atoms with Gasteiger partial charge in [-0.05, 0) is 56.3 Å². The number of likely N-dealkylation sites (N-methyl/N-ethyl adjacent to an activating group) is 1. The lowest BCUT2D eigenvalue weighted by molar-refractivity contribution is -0.153. The van der Waals surface area contributed by atoms with Crippen molar-refractivity contribution in [3.63, 3.8) is 0 Å². The van der Waals surface area contributed by atoms with E-state index in [-0.39, 0.29) is 23.0 Å². The fourth-order valence-corrected chi connectivity index (χ4v) is 4.84. The maximum Gasteiger partial charge on any atom is 0.422 e. The minimum Gasteiger partial charge on any atom is -0.484 e. The first-order chi connectivity index (χ1) is 15.1. The van der Waals surface area contributed by atoms with Crippen molar-refractivity contribution in [1.82, 2.24) is 14.4 Å². The Kier molecular flexibility index (Phi) is 5.79. The number of nitrogens with zero attached hydrogens (tertiary/aromatic N) is 3. The highest BCUT2D eigenvalue weighted by Gasteiger charge is 2.45. The number of likely N-dealkylation sites (tertiary alicyclic amines) is 1. The van der Waals surface area contributed by atoms with E-state index in [0.29, 0.717) is 18.7 Å². The standard InChI is InChI=1S/C23H26F3N3O3/c1-16(30)19-7-8-20-22(27(2)13-14-29(19)20)9-11-28(12-10-22)21(31)17-3-5-18(6-4-17)32-15-23(24,25)26/h3-8H,9-15H2,1-2H3. The van der Waals surface area contributed by atoms with Gasteiger partial charge in [0, 0.05) is 44.4 Å². The zero-order valence-electron chi connectivity index (χ0n) is 18.1. The summed E-state index contributed by atoms with van der Waals surface area (Å²) in [5.74, 6) is -0.0333. The summed E-state index contributed by atoms with van der Waals surface area (Å²) in [6.07, 6.45) is -2.93. The van der Waals surface area contributed by atoms with Gasteiger partial charge in [-0.15, -0.1) is 0 Å². The minimum atomic E-state index is -4.41. The Morgan fingerprint density at radius 2 is 1.66 bits per heavy atom. The molecule has 2 aromatic rings. The van der Waals surface area contributed by atoms with Crippen molar-refractivity contribution >= 4 is 11.7 Å².